The minimum Gasteiger partial charge on any atom is -0.352 e. The maximum absolute atomic E-state index is 13.1. The first-order chi connectivity index (χ1) is 16.0. The third-order valence-corrected chi connectivity index (χ3v) is 5.85. The maximum atomic E-state index is 13.1. The molecule has 1 amide bonds. The van der Waals surface area contributed by atoms with Crippen molar-refractivity contribution >= 4 is 22.5 Å². The van der Waals surface area contributed by atoms with Crippen molar-refractivity contribution in [3.8, 4) is 0 Å². The molecular formula is C26H29N5O2. The van der Waals surface area contributed by atoms with Crippen molar-refractivity contribution in [2.75, 3.05) is 6.54 Å². The predicted molar refractivity (Wildman–Crippen MR) is 130 cm³/mol. The fourth-order valence-corrected chi connectivity index (χ4v) is 3.89. The molecule has 7 heteroatoms. The highest BCUT2D eigenvalue weighted by molar-refractivity contribution is 5.94. The number of hydrogen-bond donors (Lipinski definition) is 1. The topological polar surface area (TPSA) is 89.2 Å². The molecule has 0 aliphatic carbocycles. The van der Waals surface area contributed by atoms with Crippen LogP contribution in [0.2, 0.25) is 0 Å². The van der Waals surface area contributed by atoms with E-state index in [0.29, 0.717) is 34.6 Å². The van der Waals surface area contributed by atoms with E-state index in [-0.39, 0.29) is 11.5 Å². The van der Waals surface area contributed by atoms with Crippen LogP contribution >= 0.6 is 0 Å². The molecule has 7 nitrogen and oxygen atoms in total. The quantitative estimate of drug-likeness (QED) is 0.308. The van der Waals surface area contributed by atoms with Gasteiger partial charge in [-0.1, -0.05) is 32.8 Å². The van der Waals surface area contributed by atoms with Gasteiger partial charge >= 0.3 is 0 Å². The molecule has 4 aromatic rings. The molecule has 1 aromatic carbocycles. The van der Waals surface area contributed by atoms with Crippen LogP contribution in [0.25, 0.3) is 16.6 Å². The Kier molecular flexibility index (Phi) is 7.07. The number of pyridine rings is 1. The summed E-state index contributed by atoms with van der Waals surface area (Å²) in [6.07, 6.45) is 11.9. The van der Waals surface area contributed by atoms with Gasteiger partial charge in [-0.15, -0.1) is 0 Å². The Morgan fingerprint density at radius 3 is 2.61 bits per heavy atom. The van der Waals surface area contributed by atoms with Gasteiger partial charge in [-0.3, -0.25) is 14.0 Å². The average molecular weight is 444 g/mol. The van der Waals surface area contributed by atoms with E-state index in [0.717, 1.165) is 43.2 Å². The van der Waals surface area contributed by atoms with E-state index >= 15 is 0 Å². The van der Waals surface area contributed by atoms with Crippen LogP contribution in [-0.2, 0) is 6.42 Å². The number of amides is 1. The fraction of sp³-hybridized carbons (Fsp3) is 0.346. The van der Waals surface area contributed by atoms with E-state index in [1.54, 1.807) is 24.7 Å². The number of hydrogen-bond acceptors (Lipinski definition) is 5. The molecule has 170 valence electrons. The number of fused-ring (bicyclic) bond motifs is 2. The number of nitrogens with one attached hydrogen (secondary N) is 1. The number of benzene rings is 1. The molecule has 3 heterocycles. The summed E-state index contributed by atoms with van der Waals surface area (Å²) >= 11 is 0. The van der Waals surface area contributed by atoms with E-state index in [1.807, 2.05) is 30.6 Å². The van der Waals surface area contributed by atoms with Gasteiger partial charge in [0.05, 0.1) is 16.5 Å². The Balaban J connectivity index is 1.35. The zero-order valence-corrected chi connectivity index (χ0v) is 19.1. The molecule has 0 atom stereocenters. The molecule has 4 rings (SSSR count). The Hall–Kier alpha value is -3.61. The zero-order chi connectivity index (χ0) is 23.2. The van der Waals surface area contributed by atoms with Gasteiger partial charge < -0.3 is 5.32 Å². The van der Waals surface area contributed by atoms with Crippen molar-refractivity contribution in [2.24, 2.45) is 0 Å². The average Bonchev–Trinajstić information content (AvgIpc) is 2.83. The monoisotopic (exact) mass is 443 g/mol. The number of rotatable bonds is 9. The van der Waals surface area contributed by atoms with Crippen LogP contribution in [0, 0.1) is 0 Å². The zero-order valence-electron chi connectivity index (χ0n) is 19.1. The molecule has 0 spiro atoms. The summed E-state index contributed by atoms with van der Waals surface area (Å²) in [6.45, 7) is 4.79. The number of aromatic nitrogens is 4. The molecule has 0 fully saturated rings. The standard InChI is InChI=1S/C26H29N5O2/c1-18(2)20-8-10-23-22(13-20)26(33)31-16-21(9-11-24(31)30-23)25(32)29-12-6-4-3-5-7-19-14-27-17-28-15-19/h8-11,13-18H,3-7,12H2,1-2H3,(H,29,32). The van der Waals surface area contributed by atoms with Crippen LogP contribution in [0.15, 0.2) is 60.0 Å². The normalized spacial score (nSPS) is 11.4. The van der Waals surface area contributed by atoms with E-state index < -0.39 is 0 Å². The first-order valence-corrected chi connectivity index (χ1v) is 11.5. The lowest BCUT2D eigenvalue weighted by Crippen LogP contribution is -2.25. The predicted octanol–water partition coefficient (Wildman–Crippen LogP) is 4.29. The van der Waals surface area contributed by atoms with Gasteiger partial charge in [-0.2, -0.15) is 0 Å². The molecule has 0 unspecified atom stereocenters. The fourth-order valence-electron chi connectivity index (χ4n) is 3.89. The van der Waals surface area contributed by atoms with E-state index in [4.69, 9.17) is 0 Å². The second-order valence-electron chi connectivity index (χ2n) is 8.66. The second kappa shape index (κ2) is 10.3. The molecular weight excluding hydrogens is 414 g/mol. The maximum Gasteiger partial charge on any atom is 0.265 e. The summed E-state index contributed by atoms with van der Waals surface area (Å²) in [5.74, 6) is 0.139. The highest BCUT2D eigenvalue weighted by atomic mass is 16.1. The van der Waals surface area contributed by atoms with E-state index in [9.17, 15) is 9.59 Å². The highest BCUT2D eigenvalue weighted by Gasteiger charge is 2.11. The van der Waals surface area contributed by atoms with Gasteiger partial charge in [-0.25, -0.2) is 15.0 Å². The number of carbonyl (C=O) groups is 1. The lowest BCUT2D eigenvalue weighted by Gasteiger charge is -2.09. The van der Waals surface area contributed by atoms with Crippen molar-refractivity contribution in [3.05, 3.63) is 82.3 Å². The first kappa shape index (κ1) is 22.6. The van der Waals surface area contributed by atoms with Crippen LogP contribution in [-0.4, -0.2) is 31.8 Å². The summed E-state index contributed by atoms with van der Waals surface area (Å²) in [5, 5.41) is 3.53. The van der Waals surface area contributed by atoms with Crippen molar-refractivity contribution in [1.29, 1.82) is 0 Å². The van der Waals surface area contributed by atoms with Crippen molar-refractivity contribution in [1.82, 2.24) is 24.7 Å². The van der Waals surface area contributed by atoms with Gasteiger partial charge in [0.25, 0.3) is 11.5 Å². The smallest absolute Gasteiger partial charge is 0.265 e. The molecule has 0 radical (unpaired) electrons. The minimum absolute atomic E-state index is 0.157. The van der Waals surface area contributed by atoms with Crippen molar-refractivity contribution in [2.45, 2.75) is 51.9 Å². The Morgan fingerprint density at radius 1 is 1.03 bits per heavy atom. The van der Waals surface area contributed by atoms with Crippen LogP contribution in [0.3, 0.4) is 0 Å². The third-order valence-electron chi connectivity index (χ3n) is 5.85. The van der Waals surface area contributed by atoms with E-state index in [1.165, 1.54) is 4.40 Å². The molecule has 0 aliphatic rings. The summed E-state index contributed by atoms with van der Waals surface area (Å²) < 4.78 is 1.47. The minimum atomic E-state index is -0.179. The van der Waals surface area contributed by atoms with Crippen LogP contribution in [0.5, 0.6) is 0 Å². The van der Waals surface area contributed by atoms with Crippen molar-refractivity contribution in [3.63, 3.8) is 0 Å². The summed E-state index contributed by atoms with van der Waals surface area (Å²) in [5.41, 5.74) is 3.74. The molecule has 33 heavy (non-hydrogen) atoms. The van der Waals surface area contributed by atoms with E-state index in [2.05, 4.69) is 34.1 Å². The number of unbranched alkanes of at least 4 members (excludes halogenated alkanes) is 3. The van der Waals surface area contributed by atoms with Gasteiger partial charge in [-0.05, 0) is 60.6 Å². The van der Waals surface area contributed by atoms with Crippen LogP contribution in [0.1, 0.15) is 66.9 Å². The summed E-state index contributed by atoms with van der Waals surface area (Å²) in [7, 11) is 0. The number of carbonyl (C=O) groups excluding carboxylic acids is 1. The third kappa shape index (κ3) is 5.42. The second-order valence-corrected chi connectivity index (χ2v) is 8.66. The highest BCUT2D eigenvalue weighted by Crippen LogP contribution is 2.19. The summed E-state index contributed by atoms with van der Waals surface area (Å²) in [6, 6.07) is 9.24. The molecule has 0 bridgehead atoms. The van der Waals surface area contributed by atoms with Crippen molar-refractivity contribution < 1.29 is 4.79 Å². The first-order valence-electron chi connectivity index (χ1n) is 11.5. The lowest BCUT2D eigenvalue weighted by atomic mass is 10.0. The Bertz CT molecular complexity index is 1320. The number of aryl methyl sites for hydroxylation is 1. The van der Waals surface area contributed by atoms with Gasteiger partial charge in [0.1, 0.15) is 12.0 Å². The Labute approximate surface area is 192 Å². The van der Waals surface area contributed by atoms with Crippen LogP contribution in [0.4, 0.5) is 0 Å². The number of nitrogens with zero attached hydrogens (tertiary/aromatic N) is 4. The molecule has 0 saturated carbocycles. The molecule has 0 aliphatic heterocycles. The molecule has 0 saturated heterocycles. The molecule has 3 aromatic heterocycles. The SMILES string of the molecule is CC(C)c1ccc2nc3ccc(C(=O)NCCCCCCc4cncnc4)cn3c(=O)c2c1. The molecule has 1 N–H and O–H groups in total. The largest absolute Gasteiger partial charge is 0.352 e. The Morgan fingerprint density at radius 2 is 1.82 bits per heavy atom. The summed E-state index contributed by atoms with van der Waals surface area (Å²) in [4.78, 5) is 38.3. The van der Waals surface area contributed by atoms with Gasteiger partial charge in [0.15, 0.2) is 0 Å². The van der Waals surface area contributed by atoms with Gasteiger partial charge in [0, 0.05) is 25.1 Å². The lowest BCUT2D eigenvalue weighted by molar-refractivity contribution is 0.0952. The van der Waals surface area contributed by atoms with Crippen LogP contribution < -0.4 is 10.9 Å². The van der Waals surface area contributed by atoms with Gasteiger partial charge in [0.2, 0.25) is 0 Å².